The molecule has 4 heteroatoms. The van der Waals surface area contributed by atoms with Gasteiger partial charge in [0.25, 0.3) is 5.91 Å². The van der Waals surface area contributed by atoms with Crippen LogP contribution in [0, 0.1) is 0 Å². The molecule has 2 aromatic rings. The maximum atomic E-state index is 12.6. The van der Waals surface area contributed by atoms with Gasteiger partial charge < -0.3 is 14.8 Å². The molecule has 23 heavy (non-hydrogen) atoms. The molecule has 0 radical (unpaired) electrons. The topological polar surface area (TPSA) is 47.6 Å². The Labute approximate surface area is 137 Å². The van der Waals surface area contributed by atoms with E-state index in [2.05, 4.69) is 5.32 Å². The highest BCUT2D eigenvalue weighted by Gasteiger charge is 2.16. The lowest BCUT2D eigenvalue weighted by molar-refractivity contribution is 0.0936. The Morgan fingerprint density at radius 3 is 2.39 bits per heavy atom. The van der Waals surface area contributed by atoms with Crippen LogP contribution >= 0.6 is 0 Å². The van der Waals surface area contributed by atoms with Crippen molar-refractivity contribution < 1.29 is 14.3 Å². The van der Waals surface area contributed by atoms with E-state index in [1.165, 1.54) is 0 Å². The summed E-state index contributed by atoms with van der Waals surface area (Å²) in [6.45, 7) is 6.83. The van der Waals surface area contributed by atoms with Crippen molar-refractivity contribution in [1.29, 1.82) is 0 Å². The number of hydrogen-bond acceptors (Lipinski definition) is 3. The van der Waals surface area contributed by atoms with Gasteiger partial charge in [0.15, 0.2) is 0 Å². The van der Waals surface area contributed by atoms with Crippen LogP contribution in [0.1, 0.15) is 42.7 Å². The number of ether oxygens (including phenoxy) is 2. The number of hydrogen-bond donors (Lipinski definition) is 1. The predicted molar refractivity (Wildman–Crippen MR) is 91.1 cm³/mol. The summed E-state index contributed by atoms with van der Waals surface area (Å²) < 4.78 is 11.1. The number of amides is 1. The first-order valence-electron chi connectivity index (χ1n) is 7.91. The Morgan fingerprint density at radius 1 is 1.04 bits per heavy atom. The fraction of sp³-hybridized carbons (Fsp3) is 0.316. The van der Waals surface area contributed by atoms with Gasteiger partial charge in [0.05, 0.1) is 24.8 Å². The van der Waals surface area contributed by atoms with Crippen molar-refractivity contribution in [3.63, 3.8) is 0 Å². The Bertz CT molecular complexity index is 640. The number of carbonyl (C=O) groups excluding carboxylic acids is 1. The van der Waals surface area contributed by atoms with E-state index in [1.54, 1.807) is 18.2 Å². The first kappa shape index (κ1) is 16.9. The second kappa shape index (κ2) is 8.22. The Hall–Kier alpha value is -2.49. The molecule has 1 N–H and O–H groups in total. The summed E-state index contributed by atoms with van der Waals surface area (Å²) in [5, 5.41) is 3.00. The lowest BCUT2D eigenvalue weighted by Crippen LogP contribution is -2.27. The average molecular weight is 313 g/mol. The van der Waals surface area contributed by atoms with Gasteiger partial charge in [-0.25, -0.2) is 0 Å². The molecule has 122 valence electrons. The summed E-state index contributed by atoms with van der Waals surface area (Å²) in [5.41, 5.74) is 1.57. The van der Waals surface area contributed by atoms with Crippen LogP contribution in [0.25, 0.3) is 0 Å². The largest absolute Gasteiger partial charge is 0.494 e. The molecule has 1 unspecified atom stereocenters. The molecule has 2 aromatic carbocycles. The Kier molecular flexibility index (Phi) is 6.03. The Morgan fingerprint density at radius 2 is 1.74 bits per heavy atom. The molecule has 0 aliphatic rings. The highest BCUT2D eigenvalue weighted by atomic mass is 16.5. The van der Waals surface area contributed by atoms with Crippen LogP contribution in [0.15, 0.2) is 48.5 Å². The zero-order valence-electron chi connectivity index (χ0n) is 13.8. The first-order valence-corrected chi connectivity index (χ1v) is 7.91. The van der Waals surface area contributed by atoms with Gasteiger partial charge in [-0.15, -0.1) is 0 Å². The fourth-order valence-corrected chi connectivity index (χ4v) is 2.32. The molecule has 2 rings (SSSR count). The highest BCUT2D eigenvalue weighted by Crippen LogP contribution is 2.26. The molecule has 0 spiro atoms. The highest BCUT2D eigenvalue weighted by molar-refractivity contribution is 5.97. The van der Waals surface area contributed by atoms with E-state index in [1.807, 2.05) is 51.1 Å². The van der Waals surface area contributed by atoms with Gasteiger partial charge in [-0.05, 0) is 38.5 Å². The minimum atomic E-state index is -0.159. The van der Waals surface area contributed by atoms with Crippen LogP contribution < -0.4 is 14.8 Å². The van der Waals surface area contributed by atoms with Crippen LogP contribution in [0.3, 0.4) is 0 Å². The number of nitrogens with one attached hydrogen (secondary N) is 1. The zero-order chi connectivity index (χ0) is 16.7. The third kappa shape index (κ3) is 4.49. The molecule has 0 fully saturated rings. The van der Waals surface area contributed by atoms with Gasteiger partial charge in [0, 0.05) is 6.07 Å². The van der Waals surface area contributed by atoms with Gasteiger partial charge in [0.2, 0.25) is 0 Å². The quantitative estimate of drug-likeness (QED) is 0.841. The average Bonchev–Trinajstić information content (AvgIpc) is 2.56. The Balaban J connectivity index is 2.17. The summed E-state index contributed by atoms with van der Waals surface area (Å²) in [4.78, 5) is 12.6. The van der Waals surface area contributed by atoms with E-state index >= 15 is 0 Å². The summed E-state index contributed by atoms with van der Waals surface area (Å²) in [6, 6.07) is 15.1. The van der Waals surface area contributed by atoms with Crippen LogP contribution in [0.5, 0.6) is 11.5 Å². The van der Waals surface area contributed by atoms with Crippen molar-refractivity contribution >= 4 is 5.91 Å². The van der Waals surface area contributed by atoms with Crippen LogP contribution in [-0.2, 0) is 0 Å². The number of rotatable bonds is 7. The molecule has 0 saturated carbocycles. The van der Waals surface area contributed by atoms with Crippen LogP contribution in [0.2, 0.25) is 0 Å². The maximum Gasteiger partial charge on any atom is 0.255 e. The SMILES string of the molecule is CCOc1ccc(C(=O)NC(C)c2ccccc2)c(OCC)c1. The van der Waals surface area contributed by atoms with Crippen molar-refractivity contribution in [3.05, 3.63) is 59.7 Å². The molecule has 4 nitrogen and oxygen atoms in total. The summed E-state index contributed by atoms with van der Waals surface area (Å²) in [5.74, 6) is 1.08. The molecule has 0 aliphatic carbocycles. The van der Waals surface area contributed by atoms with E-state index < -0.39 is 0 Å². The van der Waals surface area contributed by atoms with Crippen molar-refractivity contribution in [2.75, 3.05) is 13.2 Å². The van der Waals surface area contributed by atoms with E-state index in [0.29, 0.717) is 30.3 Å². The zero-order valence-corrected chi connectivity index (χ0v) is 13.8. The maximum absolute atomic E-state index is 12.6. The van der Waals surface area contributed by atoms with Crippen LogP contribution in [0.4, 0.5) is 0 Å². The van der Waals surface area contributed by atoms with Gasteiger partial charge >= 0.3 is 0 Å². The van der Waals surface area contributed by atoms with Crippen molar-refractivity contribution in [2.45, 2.75) is 26.8 Å². The van der Waals surface area contributed by atoms with Gasteiger partial charge in [-0.1, -0.05) is 30.3 Å². The molecule has 1 amide bonds. The van der Waals surface area contributed by atoms with E-state index in [9.17, 15) is 4.79 Å². The molecule has 0 bridgehead atoms. The predicted octanol–water partition coefficient (Wildman–Crippen LogP) is 3.98. The molecule has 0 aromatic heterocycles. The first-order chi connectivity index (χ1) is 11.2. The van der Waals surface area contributed by atoms with Crippen molar-refractivity contribution in [2.24, 2.45) is 0 Å². The monoisotopic (exact) mass is 313 g/mol. The second-order valence-corrected chi connectivity index (χ2v) is 5.13. The minimum Gasteiger partial charge on any atom is -0.494 e. The van der Waals surface area contributed by atoms with E-state index in [4.69, 9.17) is 9.47 Å². The van der Waals surface area contributed by atoms with Crippen LogP contribution in [-0.4, -0.2) is 19.1 Å². The van der Waals surface area contributed by atoms with E-state index in [0.717, 1.165) is 5.56 Å². The number of carbonyl (C=O) groups is 1. The molecule has 0 saturated heterocycles. The molecular formula is C19H23NO3. The van der Waals surface area contributed by atoms with Gasteiger partial charge in [-0.2, -0.15) is 0 Å². The second-order valence-electron chi connectivity index (χ2n) is 5.13. The van der Waals surface area contributed by atoms with Crippen molar-refractivity contribution in [1.82, 2.24) is 5.32 Å². The van der Waals surface area contributed by atoms with Gasteiger partial charge in [0.1, 0.15) is 11.5 Å². The fourth-order valence-electron chi connectivity index (χ4n) is 2.32. The summed E-state index contributed by atoms with van der Waals surface area (Å²) in [7, 11) is 0. The lowest BCUT2D eigenvalue weighted by Gasteiger charge is -2.17. The lowest BCUT2D eigenvalue weighted by atomic mass is 10.1. The third-order valence-corrected chi connectivity index (χ3v) is 3.46. The summed E-state index contributed by atoms with van der Waals surface area (Å²) in [6.07, 6.45) is 0. The number of benzene rings is 2. The molecular weight excluding hydrogens is 290 g/mol. The summed E-state index contributed by atoms with van der Waals surface area (Å²) >= 11 is 0. The van der Waals surface area contributed by atoms with E-state index in [-0.39, 0.29) is 11.9 Å². The van der Waals surface area contributed by atoms with Crippen molar-refractivity contribution in [3.8, 4) is 11.5 Å². The molecule has 1 atom stereocenters. The molecule has 0 heterocycles. The smallest absolute Gasteiger partial charge is 0.255 e. The third-order valence-electron chi connectivity index (χ3n) is 3.46. The minimum absolute atomic E-state index is 0.0789. The standard InChI is InChI=1S/C19H23NO3/c1-4-22-16-11-12-17(18(13-16)23-5-2)19(21)20-14(3)15-9-7-6-8-10-15/h6-14H,4-5H2,1-3H3,(H,20,21). The normalized spacial score (nSPS) is 11.6. The molecule has 0 aliphatic heterocycles. The van der Waals surface area contributed by atoms with Gasteiger partial charge in [-0.3, -0.25) is 4.79 Å².